The molecule has 31 heavy (non-hydrogen) atoms. The summed E-state index contributed by atoms with van der Waals surface area (Å²) in [5.74, 6) is 0.494. The number of alkyl halides is 2. The fourth-order valence-electron chi connectivity index (χ4n) is 3.61. The van der Waals surface area contributed by atoms with E-state index in [0.717, 1.165) is 12.0 Å². The van der Waals surface area contributed by atoms with Gasteiger partial charge in [0.15, 0.2) is 5.96 Å². The summed E-state index contributed by atoms with van der Waals surface area (Å²) in [5, 5.41) is 6.54. The highest BCUT2D eigenvalue weighted by molar-refractivity contribution is 5.80. The van der Waals surface area contributed by atoms with E-state index in [-0.39, 0.29) is 17.6 Å². The van der Waals surface area contributed by atoms with Crippen molar-refractivity contribution in [2.45, 2.75) is 25.6 Å². The van der Waals surface area contributed by atoms with Gasteiger partial charge in [0.1, 0.15) is 11.6 Å². The number of rotatable bonds is 7. The topological polar surface area (TPSA) is 52.1 Å². The molecular formula is C22H28F3N5O. The van der Waals surface area contributed by atoms with Gasteiger partial charge < -0.3 is 25.2 Å². The first kappa shape index (κ1) is 22.6. The first-order chi connectivity index (χ1) is 14.9. The lowest BCUT2D eigenvalue weighted by atomic mass is 10.2. The van der Waals surface area contributed by atoms with Crippen molar-refractivity contribution in [3.63, 3.8) is 0 Å². The third-order valence-corrected chi connectivity index (χ3v) is 5.13. The maximum absolute atomic E-state index is 14.2. The highest BCUT2D eigenvalue weighted by Crippen LogP contribution is 2.31. The molecule has 0 aliphatic carbocycles. The summed E-state index contributed by atoms with van der Waals surface area (Å²) in [4.78, 5) is 7.98. The number of hydrogen-bond acceptors (Lipinski definition) is 4. The molecule has 0 amide bonds. The van der Waals surface area contributed by atoms with Crippen LogP contribution in [0.4, 0.5) is 24.5 Å². The molecule has 1 unspecified atom stereocenters. The van der Waals surface area contributed by atoms with Gasteiger partial charge in [-0.2, -0.15) is 8.78 Å². The third kappa shape index (κ3) is 5.96. The van der Waals surface area contributed by atoms with Crippen molar-refractivity contribution in [1.82, 2.24) is 10.6 Å². The van der Waals surface area contributed by atoms with Gasteiger partial charge in [0.2, 0.25) is 0 Å². The number of benzene rings is 2. The Bertz CT molecular complexity index is 906. The number of halogens is 3. The van der Waals surface area contributed by atoms with Crippen molar-refractivity contribution in [3.8, 4) is 5.75 Å². The van der Waals surface area contributed by atoms with Gasteiger partial charge in [-0.15, -0.1) is 0 Å². The van der Waals surface area contributed by atoms with Gasteiger partial charge in [0, 0.05) is 46.8 Å². The van der Waals surface area contributed by atoms with E-state index in [4.69, 9.17) is 0 Å². The van der Waals surface area contributed by atoms with Crippen LogP contribution in [-0.4, -0.2) is 52.8 Å². The van der Waals surface area contributed by atoms with Gasteiger partial charge in [-0.3, -0.25) is 4.99 Å². The summed E-state index contributed by atoms with van der Waals surface area (Å²) in [6.45, 7) is -1.12. The van der Waals surface area contributed by atoms with E-state index in [0.29, 0.717) is 37.0 Å². The molecule has 2 N–H and O–H groups in total. The second-order valence-electron chi connectivity index (χ2n) is 7.53. The van der Waals surface area contributed by atoms with Crippen LogP contribution in [0.2, 0.25) is 0 Å². The molecule has 1 saturated heterocycles. The Morgan fingerprint density at radius 1 is 1.26 bits per heavy atom. The van der Waals surface area contributed by atoms with E-state index in [9.17, 15) is 13.2 Å². The molecule has 1 aliphatic rings. The SMILES string of the molecule is CN=C(NCc1ccc(N(C)C)c(F)c1)NC1CCN(c2ccccc2OC(F)F)C1. The second-order valence-corrected chi connectivity index (χ2v) is 7.53. The fraction of sp³-hybridized carbons (Fsp3) is 0.409. The zero-order valence-corrected chi connectivity index (χ0v) is 17.9. The lowest BCUT2D eigenvalue weighted by molar-refractivity contribution is -0.0495. The Labute approximate surface area is 180 Å². The number of anilines is 2. The molecule has 1 fully saturated rings. The van der Waals surface area contributed by atoms with Crippen LogP contribution in [0.25, 0.3) is 0 Å². The first-order valence-electron chi connectivity index (χ1n) is 10.1. The molecular weight excluding hydrogens is 407 g/mol. The molecule has 0 bridgehead atoms. The van der Waals surface area contributed by atoms with Crippen molar-refractivity contribution in [1.29, 1.82) is 0 Å². The third-order valence-electron chi connectivity index (χ3n) is 5.13. The van der Waals surface area contributed by atoms with E-state index in [1.54, 1.807) is 56.4 Å². The highest BCUT2D eigenvalue weighted by Gasteiger charge is 2.26. The van der Waals surface area contributed by atoms with E-state index in [2.05, 4.69) is 20.4 Å². The molecule has 0 saturated carbocycles. The minimum Gasteiger partial charge on any atom is -0.433 e. The molecule has 168 valence electrons. The maximum Gasteiger partial charge on any atom is 0.387 e. The number of aliphatic imine (C=N–C) groups is 1. The number of nitrogens with one attached hydrogen (secondary N) is 2. The fourth-order valence-corrected chi connectivity index (χ4v) is 3.61. The summed E-state index contributed by atoms with van der Waals surface area (Å²) >= 11 is 0. The molecule has 9 heteroatoms. The Hall–Kier alpha value is -3.10. The van der Waals surface area contributed by atoms with Gasteiger partial charge in [0.25, 0.3) is 0 Å². The van der Waals surface area contributed by atoms with Crippen molar-refractivity contribution in [2.75, 3.05) is 44.0 Å². The average Bonchev–Trinajstić information content (AvgIpc) is 3.19. The van der Waals surface area contributed by atoms with Crippen molar-refractivity contribution in [3.05, 3.63) is 53.8 Å². The number of para-hydroxylation sites is 2. The summed E-state index contributed by atoms with van der Waals surface area (Å²) < 4.78 is 44.2. The first-order valence-corrected chi connectivity index (χ1v) is 10.1. The van der Waals surface area contributed by atoms with Gasteiger partial charge in [-0.1, -0.05) is 18.2 Å². The quantitative estimate of drug-likeness (QED) is 0.516. The monoisotopic (exact) mass is 435 g/mol. The van der Waals surface area contributed by atoms with E-state index in [1.165, 1.54) is 6.07 Å². The van der Waals surface area contributed by atoms with Crippen LogP contribution in [0.5, 0.6) is 5.75 Å². The Morgan fingerprint density at radius 3 is 2.71 bits per heavy atom. The molecule has 1 aliphatic heterocycles. The number of ether oxygens (including phenoxy) is 1. The summed E-state index contributed by atoms with van der Waals surface area (Å²) in [6.07, 6.45) is 0.815. The van der Waals surface area contributed by atoms with Gasteiger partial charge in [-0.05, 0) is 36.2 Å². The molecule has 0 radical (unpaired) electrons. The van der Waals surface area contributed by atoms with E-state index >= 15 is 0 Å². The number of hydrogen-bond donors (Lipinski definition) is 2. The highest BCUT2D eigenvalue weighted by atomic mass is 19.3. The van der Waals surface area contributed by atoms with E-state index < -0.39 is 6.61 Å². The van der Waals surface area contributed by atoms with Crippen LogP contribution in [-0.2, 0) is 6.54 Å². The number of nitrogens with zero attached hydrogens (tertiary/aromatic N) is 3. The van der Waals surface area contributed by atoms with Gasteiger partial charge in [0.05, 0.1) is 11.4 Å². The Morgan fingerprint density at radius 2 is 2.03 bits per heavy atom. The predicted octanol–water partition coefficient (Wildman–Crippen LogP) is 3.44. The second kappa shape index (κ2) is 10.3. The molecule has 1 heterocycles. The van der Waals surface area contributed by atoms with Crippen LogP contribution in [0, 0.1) is 5.82 Å². The van der Waals surface area contributed by atoms with Crippen LogP contribution >= 0.6 is 0 Å². The molecule has 0 aromatic heterocycles. The lowest BCUT2D eigenvalue weighted by Crippen LogP contribution is -2.44. The zero-order valence-electron chi connectivity index (χ0n) is 17.9. The summed E-state index contributed by atoms with van der Waals surface area (Å²) in [6, 6.07) is 12.0. The molecule has 3 rings (SSSR count). The minimum atomic E-state index is -2.86. The van der Waals surface area contributed by atoms with E-state index in [1.807, 2.05) is 11.0 Å². The molecule has 1 atom stereocenters. The molecule has 2 aromatic rings. The van der Waals surface area contributed by atoms with Gasteiger partial charge >= 0.3 is 6.61 Å². The van der Waals surface area contributed by atoms with Gasteiger partial charge in [-0.25, -0.2) is 4.39 Å². The largest absolute Gasteiger partial charge is 0.433 e. The smallest absolute Gasteiger partial charge is 0.387 e. The normalized spacial score (nSPS) is 16.5. The van der Waals surface area contributed by atoms with Crippen LogP contribution in [0.1, 0.15) is 12.0 Å². The van der Waals surface area contributed by atoms with Crippen molar-refractivity contribution < 1.29 is 17.9 Å². The Kier molecular flexibility index (Phi) is 7.49. The van der Waals surface area contributed by atoms with Crippen molar-refractivity contribution in [2.24, 2.45) is 4.99 Å². The number of guanidine groups is 1. The molecule has 6 nitrogen and oxygen atoms in total. The van der Waals surface area contributed by atoms with Crippen molar-refractivity contribution >= 4 is 17.3 Å². The summed E-state index contributed by atoms with van der Waals surface area (Å²) in [5.41, 5.74) is 1.98. The summed E-state index contributed by atoms with van der Waals surface area (Å²) in [7, 11) is 5.26. The zero-order chi connectivity index (χ0) is 22.4. The molecule has 0 spiro atoms. The minimum absolute atomic E-state index is 0.0821. The van der Waals surface area contributed by atoms with Crippen LogP contribution in [0.3, 0.4) is 0 Å². The maximum atomic E-state index is 14.2. The standard InChI is InChI=1S/C22H28F3N5O/c1-26-22(27-13-15-8-9-18(29(2)3)17(23)12-15)28-16-10-11-30(14-16)19-6-4-5-7-20(19)31-21(24)25/h4-9,12,16,21H,10-11,13-14H2,1-3H3,(H2,26,27,28). The lowest BCUT2D eigenvalue weighted by Gasteiger charge is -2.22. The van der Waals surface area contributed by atoms with Crippen LogP contribution in [0.15, 0.2) is 47.5 Å². The van der Waals surface area contributed by atoms with Crippen LogP contribution < -0.4 is 25.2 Å². The Balaban J connectivity index is 1.56. The average molecular weight is 435 g/mol. The molecule has 2 aromatic carbocycles. The predicted molar refractivity (Wildman–Crippen MR) is 118 cm³/mol.